The molecule has 1 aliphatic carbocycles. The summed E-state index contributed by atoms with van der Waals surface area (Å²) in [7, 11) is 0. The lowest BCUT2D eigenvalue weighted by atomic mass is 9.80. The molecule has 2 aromatic heterocycles. The van der Waals surface area contributed by atoms with Crippen LogP contribution in [-0.4, -0.2) is 9.97 Å². The summed E-state index contributed by atoms with van der Waals surface area (Å²) in [5.74, 6) is 0.311. The highest BCUT2D eigenvalue weighted by molar-refractivity contribution is 5.73. The third kappa shape index (κ3) is 1.78. The van der Waals surface area contributed by atoms with Crippen molar-refractivity contribution in [3.8, 4) is 11.4 Å². The van der Waals surface area contributed by atoms with Crippen LogP contribution in [0.1, 0.15) is 30.0 Å². The van der Waals surface area contributed by atoms with Crippen LogP contribution in [0.5, 0.6) is 0 Å². The summed E-state index contributed by atoms with van der Waals surface area (Å²) < 4.78 is 0. The largest absolute Gasteiger partial charge is 0.337 e. The summed E-state index contributed by atoms with van der Waals surface area (Å²) >= 11 is 0. The third-order valence-corrected chi connectivity index (χ3v) is 5.03. The molecular formula is C21H17N3. The van der Waals surface area contributed by atoms with Gasteiger partial charge >= 0.3 is 0 Å². The lowest BCUT2D eigenvalue weighted by Gasteiger charge is -2.36. The lowest BCUT2D eigenvalue weighted by Crippen LogP contribution is -2.28. The molecule has 116 valence electrons. The van der Waals surface area contributed by atoms with E-state index in [-0.39, 0.29) is 6.04 Å². The number of allylic oxidation sites excluding steroid dienone is 1. The van der Waals surface area contributed by atoms with E-state index < -0.39 is 0 Å². The Morgan fingerprint density at radius 2 is 1.46 bits per heavy atom. The van der Waals surface area contributed by atoms with Crippen molar-refractivity contribution in [2.75, 3.05) is 4.90 Å². The first-order valence-electron chi connectivity index (χ1n) is 8.27. The van der Waals surface area contributed by atoms with E-state index in [4.69, 9.17) is 0 Å². The van der Waals surface area contributed by atoms with Crippen LogP contribution in [0.3, 0.4) is 0 Å². The fourth-order valence-corrected chi connectivity index (χ4v) is 4.10. The summed E-state index contributed by atoms with van der Waals surface area (Å²) in [6, 6.07) is 19.3. The van der Waals surface area contributed by atoms with Gasteiger partial charge in [0.15, 0.2) is 0 Å². The molecule has 0 amide bonds. The molecule has 0 radical (unpaired) electrons. The van der Waals surface area contributed by atoms with E-state index in [1.54, 1.807) is 0 Å². The highest BCUT2D eigenvalue weighted by Crippen LogP contribution is 2.53. The Bertz CT molecular complexity index is 946. The second-order valence-electron chi connectivity index (χ2n) is 6.37. The zero-order valence-electron chi connectivity index (χ0n) is 13.4. The second kappa shape index (κ2) is 5.03. The summed E-state index contributed by atoms with van der Waals surface area (Å²) in [6.45, 7) is 2.19. The van der Waals surface area contributed by atoms with Gasteiger partial charge in [0, 0.05) is 35.3 Å². The molecule has 0 fully saturated rings. The molecule has 2 unspecified atom stereocenters. The Morgan fingerprint density at radius 3 is 2.21 bits per heavy atom. The van der Waals surface area contributed by atoms with Crippen LogP contribution < -0.4 is 4.90 Å². The highest BCUT2D eigenvalue weighted by atomic mass is 15.2. The van der Waals surface area contributed by atoms with Gasteiger partial charge in [0.05, 0.1) is 17.4 Å². The van der Waals surface area contributed by atoms with Gasteiger partial charge in [0.2, 0.25) is 0 Å². The maximum atomic E-state index is 4.66. The van der Waals surface area contributed by atoms with Crippen LogP contribution in [-0.2, 0) is 0 Å². The molecule has 5 rings (SSSR count). The number of benzene rings is 1. The summed E-state index contributed by atoms with van der Waals surface area (Å²) in [6.07, 6.45) is 6.09. The minimum absolute atomic E-state index is 0.243. The van der Waals surface area contributed by atoms with E-state index in [0.717, 1.165) is 11.4 Å². The van der Waals surface area contributed by atoms with Gasteiger partial charge in [-0.05, 0) is 36.8 Å². The molecule has 24 heavy (non-hydrogen) atoms. The Kier molecular flexibility index (Phi) is 2.83. The molecule has 1 aromatic carbocycles. The maximum absolute atomic E-state index is 4.66. The fraction of sp³-hybridized carbons (Fsp3) is 0.143. The molecule has 2 atom stereocenters. The van der Waals surface area contributed by atoms with E-state index in [0.29, 0.717) is 5.92 Å². The summed E-state index contributed by atoms with van der Waals surface area (Å²) in [5.41, 5.74) is 7.06. The van der Waals surface area contributed by atoms with Gasteiger partial charge in [-0.1, -0.05) is 36.4 Å². The van der Waals surface area contributed by atoms with Crippen molar-refractivity contribution in [1.29, 1.82) is 0 Å². The molecule has 0 saturated carbocycles. The summed E-state index contributed by atoms with van der Waals surface area (Å²) in [5, 5.41) is 0. The molecule has 3 aromatic rings. The third-order valence-electron chi connectivity index (χ3n) is 5.03. The number of hydrogen-bond acceptors (Lipinski definition) is 3. The first-order valence-corrected chi connectivity index (χ1v) is 8.27. The van der Waals surface area contributed by atoms with Crippen LogP contribution in [0.25, 0.3) is 11.4 Å². The number of nitrogens with zero attached hydrogens (tertiary/aromatic N) is 3. The Hall–Kier alpha value is -2.94. The SMILES string of the molecule is CC1=CC2c3cccnc3-c3ncccc3C2N1c1ccccc1. The molecule has 2 aliphatic rings. The highest BCUT2D eigenvalue weighted by Gasteiger charge is 2.42. The number of para-hydroxylation sites is 1. The van der Waals surface area contributed by atoms with Gasteiger partial charge in [-0.2, -0.15) is 0 Å². The molecular weight excluding hydrogens is 294 g/mol. The van der Waals surface area contributed by atoms with E-state index in [2.05, 4.69) is 70.3 Å². The number of fused-ring (bicyclic) bond motifs is 6. The minimum Gasteiger partial charge on any atom is -0.337 e. The van der Waals surface area contributed by atoms with Crippen LogP contribution in [0, 0.1) is 0 Å². The molecule has 1 aliphatic heterocycles. The molecule has 0 saturated heterocycles. The van der Waals surface area contributed by atoms with E-state index >= 15 is 0 Å². The Labute approximate surface area is 141 Å². The van der Waals surface area contributed by atoms with E-state index in [1.165, 1.54) is 22.5 Å². The van der Waals surface area contributed by atoms with Crippen molar-refractivity contribution in [3.63, 3.8) is 0 Å². The standard InChI is InChI=1S/C21H17N3/c1-14-13-18-16-9-5-11-22-19(16)20-17(10-6-12-23-20)21(18)24(14)15-7-3-2-4-8-15/h2-13,18,21H,1H3. The Morgan fingerprint density at radius 1 is 0.792 bits per heavy atom. The van der Waals surface area contributed by atoms with Gasteiger partial charge in [-0.15, -0.1) is 0 Å². The number of aromatic nitrogens is 2. The van der Waals surface area contributed by atoms with Gasteiger partial charge < -0.3 is 4.90 Å². The number of pyridine rings is 2. The number of anilines is 1. The summed E-state index contributed by atoms with van der Waals surface area (Å²) in [4.78, 5) is 11.7. The topological polar surface area (TPSA) is 29.0 Å². The van der Waals surface area contributed by atoms with Crippen LogP contribution in [0.4, 0.5) is 5.69 Å². The number of rotatable bonds is 1. The van der Waals surface area contributed by atoms with E-state index in [9.17, 15) is 0 Å². The van der Waals surface area contributed by atoms with Crippen LogP contribution in [0.15, 0.2) is 78.8 Å². The van der Waals surface area contributed by atoms with Crippen molar-refractivity contribution < 1.29 is 0 Å². The number of hydrogen-bond donors (Lipinski definition) is 0. The molecule has 3 nitrogen and oxygen atoms in total. The van der Waals surface area contributed by atoms with Crippen molar-refractivity contribution in [3.05, 3.63) is 89.9 Å². The maximum Gasteiger partial charge on any atom is 0.0942 e. The van der Waals surface area contributed by atoms with Crippen molar-refractivity contribution >= 4 is 5.69 Å². The smallest absolute Gasteiger partial charge is 0.0942 e. The zero-order chi connectivity index (χ0) is 16.1. The van der Waals surface area contributed by atoms with Crippen LogP contribution >= 0.6 is 0 Å². The van der Waals surface area contributed by atoms with Crippen molar-refractivity contribution in [2.24, 2.45) is 0 Å². The van der Waals surface area contributed by atoms with Crippen molar-refractivity contribution in [2.45, 2.75) is 18.9 Å². The Balaban J connectivity index is 1.76. The minimum atomic E-state index is 0.243. The van der Waals surface area contributed by atoms with Crippen molar-refractivity contribution in [1.82, 2.24) is 9.97 Å². The van der Waals surface area contributed by atoms with Crippen LogP contribution in [0.2, 0.25) is 0 Å². The molecule has 0 spiro atoms. The predicted molar refractivity (Wildman–Crippen MR) is 95.6 cm³/mol. The molecule has 0 bridgehead atoms. The predicted octanol–water partition coefficient (Wildman–Crippen LogP) is 4.71. The van der Waals surface area contributed by atoms with Gasteiger partial charge in [0.1, 0.15) is 0 Å². The molecule has 3 heterocycles. The zero-order valence-corrected chi connectivity index (χ0v) is 13.4. The van der Waals surface area contributed by atoms with E-state index in [1.807, 2.05) is 24.5 Å². The van der Waals surface area contributed by atoms with Gasteiger partial charge in [-0.25, -0.2) is 0 Å². The normalized spacial score (nSPS) is 20.9. The fourth-order valence-electron chi connectivity index (χ4n) is 4.10. The first-order chi connectivity index (χ1) is 11.8. The monoisotopic (exact) mass is 311 g/mol. The average Bonchev–Trinajstić information content (AvgIpc) is 3.00. The van der Waals surface area contributed by atoms with Gasteiger partial charge in [-0.3, -0.25) is 9.97 Å². The molecule has 3 heteroatoms. The second-order valence-corrected chi connectivity index (χ2v) is 6.37. The van der Waals surface area contributed by atoms with Gasteiger partial charge in [0.25, 0.3) is 0 Å². The quantitative estimate of drug-likeness (QED) is 0.652. The average molecular weight is 311 g/mol. The molecule has 0 N–H and O–H groups in total. The first kappa shape index (κ1) is 13.5. The lowest BCUT2D eigenvalue weighted by molar-refractivity contribution is 0.639.